The molecular formula is C13H21N3O2. The monoisotopic (exact) mass is 251 g/mol. The number of carbonyl (C=O) groups excluding carboxylic acids is 2. The molecule has 0 saturated carbocycles. The molecule has 3 rings (SSSR count). The van der Waals surface area contributed by atoms with Crippen LogP contribution >= 0.6 is 0 Å². The Balaban J connectivity index is 1.43. The van der Waals surface area contributed by atoms with Crippen molar-refractivity contribution in [1.82, 2.24) is 15.5 Å². The lowest BCUT2D eigenvalue weighted by molar-refractivity contribution is -0.130. The van der Waals surface area contributed by atoms with Crippen molar-refractivity contribution in [2.24, 2.45) is 11.8 Å². The number of fused-ring (bicyclic) bond motifs is 1. The third-order valence-electron chi connectivity index (χ3n) is 4.53. The topological polar surface area (TPSA) is 61.4 Å². The summed E-state index contributed by atoms with van der Waals surface area (Å²) in [7, 11) is 0. The summed E-state index contributed by atoms with van der Waals surface area (Å²) in [5.74, 6) is 1.74. The van der Waals surface area contributed by atoms with E-state index in [9.17, 15) is 9.59 Å². The van der Waals surface area contributed by atoms with E-state index in [1.165, 1.54) is 0 Å². The van der Waals surface area contributed by atoms with Gasteiger partial charge in [0.15, 0.2) is 0 Å². The molecule has 3 fully saturated rings. The largest absolute Gasteiger partial charge is 0.353 e. The highest BCUT2D eigenvalue weighted by Gasteiger charge is 2.37. The molecule has 0 aliphatic carbocycles. The van der Waals surface area contributed by atoms with Crippen molar-refractivity contribution in [2.45, 2.75) is 31.7 Å². The minimum absolute atomic E-state index is 0.134. The Morgan fingerprint density at radius 2 is 2.00 bits per heavy atom. The van der Waals surface area contributed by atoms with Crippen LogP contribution in [0.3, 0.4) is 0 Å². The van der Waals surface area contributed by atoms with Gasteiger partial charge in [0, 0.05) is 45.1 Å². The zero-order chi connectivity index (χ0) is 12.5. The predicted molar refractivity (Wildman–Crippen MR) is 66.8 cm³/mol. The smallest absolute Gasteiger partial charge is 0.222 e. The molecule has 0 aromatic carbocycles. The van der Waals surface area contributed by atoms with E-state index in [-0.39, 0.29) is 17.9 Å². The zero-order valence-electron chi connectivity index (χ0n) is 10.7. The summed E-state index contributed by atoms with van der Waals surface area (Å²) in [6, 6.07) is 0.227. The molecule has 18 heavy (non-hydrogen) atoms. The van der Waals surface area contributed by atoms with Crippen LogP contribution in [0.5, 0.6) is 0 Å². The SMILES string of the molecule is O=C1CCC(CCC(=O)N2CC3CNCC3C2)N1. The summed E-state index contributed by atoms with van der Waals surface area (Å²) in [4.78, 5) is 25.2. The van der Waals surface area contributed by atoms with Crippen molar-refractivity contribution in [1.29, 1.82) is 0 Å². The highest BCUT2D eigenvalue weighted by Crippen LogP contribution is 2.27. The van der Waals surface area contributed by atoms with Gasteiger partial charge in [-0.3, -0.25) is 9.59 Å². The number of likely N-dealkylation sites (tertiary alicyclic amines) is 1. The van der Waals surface area contributed by atoms with Gasteiger partial charge in [-0.05, 0) is 24.7 Å². The third kappa shape index (κ3) is 2.36. The highest BCUT2D eigenvalue weighted by atomic mass is 16.2. The second-order valence-electron chi connectivity index (χ2n) is 5.82. The summed E-state index contributed by atoms with van der Waals surface area (Å²) in [6.07, 6.45) is 2.89. The minimum atomic E-state index is 0.134. The van der Waals surface area contributed by atoms with Gasteiger partial charge in [0.1, 0.15) is 0 Å². The Kier molecular flexibility index (Phi) is 3.24. The molecule has 5 nitrogen and oxygen atoms in total. The van der Waals surface area contributed by atoms with Crippen molar-refractivity contribution < 1.29 is 9.59 Å². The molecular weight excluding hydrogens is 230 g/mol. The molecule has 3 atom stereocenters. The van der Waals surface area contributed by atoms with E-state index in [0.29, 0.717) is 24.7 Å². The van der Waals surface area contributed by atoms with E-state index in [2.05, 4.69) is 10.6 Å². The van der Waals surface area contributed by atoms with Crippen molar-refractivity contribution in [3.8, 4) is 0 Å². The van der Waals surface area contributed by atoms with Crippen LogP contribution in [0.1, 0.15) is 25.7 Å². The average molecular weight is 251 g/mol. The zero-order valence-corrected chi connectivity index (χ0v) is 10.7. The van der Waals surface area contributed by atoms with E-state index in [4.69, 9.17) is 0 Å². The van der Waals surface area contributed by atoms with Crippen LogP contribution in [-0.2, 0) is 9.59 Å². The van der Waals surface area contributed by atoms with Crippen molar-refractivity contribution in [3.05, 3.63) is 0 Å². The number of rotatable bonds is 3. The first kappa shape index (κ1) is 12.0. The Hall–Kier alpha value is -1.10. The van der Waals surface area contributed by atoms with Gasteiger partial charge < -0.3 is 15.5 Å². The number of nitrogens with zero attached hydrogens (tertiary/aromatic N) is 1. The lowest BCUT2D eigenvalue weighted by Gasteiger charge is -2.18. The average Bonchev–Trinajstić information content (AvgIpc) is 3.00. The number of carbonyl (C=O) groups is 2. The van der Waals surface area contributed by atoms with Crippen LogP contribution in [0, 0.1) is 11.8 Å². The molecule has 3 aliphatic heterocycles. The van der Waals surface area contributed by atoms with E-state index < -0.39 is 0 Å². The summed E-state index contributed by atoms with van der Waals surface area (Å²) in [5, 5.41) is 6.30. The Morgan fingerprint density at radius 1 is 1.28 bits per heavy atom. The molecule has 0 aromatic heterocycles. The molecule has 0 radical (unpaired) electrons. The van der Waals surface area contributed by atoms with Gasteiger partial charge in [-0.2, -0.15) is 0 Å². The van der Waals surface area contributed by atoms with E-state index >= 15 is 0 Å². The molecule has 3 aliphatic rings. The van der Waals surface area contributed by atoms with Gasteiger partial charge in [-0.1, -0.05) is 0 Å². The lowest BCUT2D eigenvalue weighted by Crippen LogP contribution is -2.33. The first-order valence-corrected chi connectivity index (χ1v) is 7.00. The van der Waals surface area contributed by atoms with Crippen LogP contribution in [0.25, 0.3) is 0 Å². The van der Waals surface area contributed by atoms with Crippen molar-refractivity contribution in [3.63, 3.8) is 0 Å². The number of hydrogen-bond donors (Lipinski definition) is 2. The minimum Gasteiger partial charge on any atom is -0.353 e. The maximum atomic E-state index is 12.1. The molecule has 3 saturated heterocycles. The fraction of sp³-hybridized carbons (Fsp3) is 0.846. The molecule has 100 valence electrons. The molecule has 2 N–H and O–H groups in total. The van der Waals surface area contributed by atoms with Gasteiger partial charge in [0.25, 0.3) is 0 Å². The molecule has 0 spiro atoms. The maximum absolute atomic E-state index is 12.1. The fourth-order valence-electron chi connectivity index (χ4n) is 3.41. The van der Waals surface area contributed by atoms with Gasteiger partial charge in [0.05, 0.1) is 0 Å². The third-order valence-corrected chi connectivity index (χ3v) is 4.53. The Morgan fingerprint density at radius 3 is 2.61 bits per heavy atom. The number of nitrogens with one attached hydrogen (secondary N) is 2. The summed E-state index contributed by atoms with van der Waals surface area (Å²) in [5.41, 5.74) is 0. The molecule has 5 heteroatoms. The van der Waals surface area contributed by atoms with Crippen LogP contribution in [0.15, 0.2) is 0 Å². The molecule has 3 heterocycles. The summed E-state index contributed by atoms with van der Waals surface area (Å²) >= 11 is 0. The number of amides is 2. The van der Waals surface area contributed by atoms with Crippen molar-refractivity contribution >= 4 is 11.8 Å². The van der Waals surface area contributed by atoms with Gasteiger partial charge in [-0.15, -0.1) is 0 Å². The van der Waals surface area contributed by atoms with Gasteiger partial charge in [0.2, 0.25) is 11.8 Å². The first-order chi connectivity index (χ1) is 8.72. The van der Waals surface area contributed by atoms with E-state index in [0.717, 1.165) is 39.0 Å². The summed E-state index contributed by atoms with van der Waals surface area (Å²) in [6.45, 7) is 3.97. The quantitative estimate of drug-likeness (QED) is 0.725. The molecule has 3 unspecified atom stereocenters. The molecule has 0 bridgehead atoms. The Labute approximate surface area is 107 Å². The van der Waals surface area contributed by atoms with Crippen molar-refractivity contribution in [2.75, 3.05) is 26.2 Å². The van der Waals surface area contributed by atoms with Crippen LogP contribution in [0.2, 0.25) is 0 Å². The summed E-state index contributed by atoms with van der Waals surface area (Å²) < 4.78 is 0. The number of hydrogen-bond acceptors (Lipinski definition) is 3. The van der Waals surface area contributed by atoms with E-state index in [1.807, 2.05) is 4.90 Å². The van der Waals surface area contributed by atoms with Crippen LogP contribution < -0.4 is 10.6 Å². The standard InChI is InChI=1S/C13H21N3O2/c17-12-3-1-11(15-12)2-4-13(18)16-7-9-5-14-6-10(9)8-16/h9-11,14H,1-8H2,(H,15,17). The predicted octanol–water partition coefficient (Wildman–Crippen LogP) is -0.277. The van der Waals surface area contributed by atoms with Crippen LogP contribution in [-0.4, -0.2) is 48.9 Å². The maximum Gasteiger partial charge on any atom is 0.222 e. The molecule has 2 amide bonds. The lowest BCUT2D eigenvalue weighted by atomic mass is 10.0. The van der Waals surface area contributed by atoms with Crippen LogP contribution in [0.4, 0.5) is 0 Å². The fourth-order valence-corrected chi connectivity index (χ4v) is 3.41. The second kappa shape index (κ2) is 4.88. The first-order valence-electron chi connectivity index (χ1n) is 7.00. The normalized spacial score (nSPS) is 34.8. The Bertz CT molecular complexity index is 346. The van der Waals surface area contributed by atoms with Gasteiger partial charge >= 0.3 is 0 Å². The van der Waals surface area contributed by atoms with Gasteiger partial charge in [-0.25, -0.2) is 0 Å². The highest BCUT2D eigenvalue weighted by molar-refractivity contribution is 5.79. The van der Waals surface area contributed by atoms with E-state index in [1.54, 1.807) is 0 Å². The second-order valence-corrected chi connectivity index (χ2v) is 5.82. The molecule has 0 aromatic rings.